The molecule has 1 aromatic heterocycles. The molecule has 0 unspecified atom stereocenters. The average Bonchev–Trinajstić information content (AvgIpc) is 3.30. The first-order chi connectivity index (χ1) is 16.8. The van der Waals surface area contributed by atoms with Crippen LogP contribution in [0.25, 0.3) is 27.7 Å². The maximum absolute atomic E-state index is 13.5. The lowest BCUT2D eigenvalue weighted by Crippen LogP contribution is -2.39. The fourth-order valence-electron chi connectivity index (χ4n) is 4.65. The summed E-state index contributed by atoms with van der Waals surface area (Å²) >= 11 is 0. The van der Waals surface area contributed by atoms with Gasteiger partial charge >= 0.3 is 5.97 Å². The summed E-state index contributed by atoms with van der Waals surface area (Å²) in [5, 5.41) is 0.867. The van der Waals surface area contributed by atoms with E-state index in [1.54, 1.807) is 29.4 Å². The van der Waals surface area contributed by atoms with E-state index < -0.39 is 0 Å². The third-order valence-corrected chi connectivity index (χ3v) is 6.59. The molecule has 4 rings (SSSR count). The lowest BCUT2D eigenvalue weighted by atomic mass is 9.95. The van der Waals surface area contributed by atoms with Gasteiger partial charge in [0.2, 0.25) is 5.91 Å². The number of rotatable bonds is 6. The van der Waals surface area contributed by atoms with Crippen molar-refractivity contribution < 1.29 is 27.9 Å². The molecule has 2 aromatic carbocycles. The van der Waals surface area contributed by atoms with Gasteiger partial charge in [-0.3, -0.25) is 9.59 Å². The van der Waals surface area contributed by atoms with E-state index in [-0.39, 0.29) is 23.6 Å². The fourth-order valence-corrected chi connectivity index (χ4v) is 4.65. The molecule has 0 N–H and O–H groups in total. The third-order valence-electron chi connectivity index (χ3n) is 6.59. The van der Waals surface area contributed by atoms with Crippen LogP contribution in [0.15, 0.2) is 47.1 Å². The van der Waals surface area contributed by atoms with Gasteiger partial charge in [-0.1, -0.05) is 12.1 Å². The van der Waals surface area contributed by atoms with E-state index in [0.717, 1.165) is 33.2 Å². The Bertz CT molecular complexity index is 1270. The molecular formula is C28H30FNO5. The molecule has 35 heavy (non-hydrogen) atoms. The van der Waals surface area contributed by atoms with Crippen molar-refractivity contribution in [1.29, 1.82) is 0 Å². The minimum Gasteiger partial charge on any atom is -0.493 e. The quantitative estimate of drug-likeness (QED) is 0.332. The molecule has 0 atom stereocenters. The Morgan fingerprint density at radius 3 is 2.51 bits per heavy atom. The van der Waals surface area contributed by atoms with Gasteiger partial charge in [0.1, 0.15) is 17.1 Å². The van der Waals surface area contributed by atoms with E-state index >= 15 is 0 Å². The van der Waals surface area contributed by atoms with Gasteiger partial charge in [0.25, 0.3) is 0 Å². The molecule has 0 saturated carbocycles. The summed E-state index contributed by atoms with van der Waals surface area (Å²) in [5.41, 5.74) is 4.79. The molecule has 0 spiro atoms. The number of carbonyl (C=O) groups excluding carboxylic acids is 2. The molecule has 7 heteroatoms. The largest absolute Gasteiger partial charge is 0.493 e. The number of nitrogens with zero attached hydrogens (tertiary/aromatic N) is 1. The van der Waals surface area contributed by atoms with Gasteiger partial charge in [-0.15, -0.1) is 0 Å². The minimum absolute atomic E-state index is 0.100. The van der Waals surface area contributed by atoms with Crippen LogP contribution in [0.1, 0.15) is 37.8 Å². The van der Waals surface area contributed by atoms with Gasteiger partial charge in [-0.05, 0) is 62.9 Å². The number of furan rings is 1. The van der Waals surface area contributed by atoms with E-state index in [2.05, 4.69) is 0 Å². The maximum atomic E-state index is 13.5. The summed E-state index contributed by atoms with van der Waals surface area (Å²) in [7, 11) is 1.39. The SMILES string of the molecule is CCOc1c(/C(C)=C/C(=O)N2CCC(C(=O)OC)CC2)cc2c(-c3ccc(F)cc3)coc2c1C. The van der Waals surface area contributed by atoms with Crippen LogP contribution in [-0.2, 0) is 14.3 Å². The van der Waals surface area contributed by atoms with Gasteiger partial charge in [-0.2, -0.15) is 0 Å². The Labute approximate surface area is 204 Å². The van der Waals surface area contributed by atoms with Crippen LogP contribution < -0.4 is 4.74 Å². The number of methoxy groups -OCH3 is 1. The summed E-state index contributed by atoms with van der Waals surface area (Å²) in [4.78, 5) is 26.6. The standard InChI is InChI=1S/C28H30FNO5/c1-5-34-26-18(3)27-23(24(16-35-27)19-6-8-21(29)9-7-19)15-22(26)17(2)14-25(31)30-12-10-20(11-13-30)28(32)33-4/h6-9,14-16,20H,5,10-13H2,1-4H3/b17-14+. The van der Waals surface area contributed by atoms with Gasteiger partial charge in [0, 0.05) is 41.2 Å². The number of fused-ring (bicyclic) bond motifs is 1. The number of allylic oxidation sites excluding steroid dienone is 1. The molecule has 1 aliphatic rings. The highest BCUT2D eigenvalue weighted by molar-refractivity contribution is 6.01. The van der Waals surface area contributed by atoms with Crippen LogP contribution in [0, 0.1) is 18.7 Å². The highest BCUT2D eigenvalue weighted by atomic mass is 19.1. The summed E-state index contributed by atoms with van der Waals surface area (Å²) in [6, 6.07) is 8.25. The molecule has 1 amide bonds. The van der Waals surface area contributed by atoms with Crippen LogP contribution >= 0.6 is 0 Å². The van der Waals surface area contributed by atoms with Gasteiger partial charge in [-0.25, -0.2) is 4.39 Å². The number of amides is 1. The Morgan fingerprint density at radius 2 is 1.89 bits per heavy atom. The topological polar surface area (TPSA) is 69.0 Å². The molecule has 0 radical (unpaired) electrons. The van der Waals surface area contributed by atoms with Crippen molar-refractivity contribution >= 4 is 28.4 Å². The van der Waals surface area contributed by atoms with Crippen LogP contribution in [0.5, 0.6) is 5.75 Å². The number of esters is 1. The van der Waals surface area contributed by atoms with Crippen LogP contribution in [-0.4, -0.2) is 43.6 Å². The smallest absolute Gasteiger partial charge is 0.308 e. The Morgan fingerprint density at radius 1 is 1.20 bits per heavy atom. The van der Waals surface area contributed by atoms with Crippen LogP contribution in [0.2, 0.25) is 0 Å². The first-order valence-electron chi connectivity index (χ1n) is 11.8. The highest BCUT2D eigenvalue weighted by Gasteiger charge is 2.27. The van der Waals surface area contributed by atoms with E-state index in [9.17, 15) is 14.0 Å². The van der Waals surface area contributed by atoms with Crippen molar-refractivity contribution in [2.45, 2.75) is 33.6 Å². The number of hydrogen-bond donors (Lipinski definition) is 0. The minimum atomic E-state index is -0.301. The summed E-state index contributed by atoms with van der Waals surface area (Å²) in [6.07, 6.45) is 4.48. The molecule has 1 fully saturated rings. The van der Waals surface area contributed by atoms with Crippen molar-refractivity contribution in [2.24, 2.45) is 5.92 Å². The lowest BCUT2D eigenvalue weighted by Gasteiger charge is -2.30. The van der Waals surface area contributed by atoms with Crippen LogP contribution in [0.3, 0.4) is 0 Å². The summed E-state index contributed by atoms with van der Waals surface area (Å²) in [6.45, 7) is 7.22. The van der Waals surface area contributed by atoms with Crippen molar-refractivity contribution in [3.63, 3.8) is 0 Å². The normalized spacial score (nSPS) is 14.9. The summed E-state index contributed by atoms with van der Waals surface area (Å²) in [5.74, 6) is -0.103. The molecule has 0 bridgehead atoms. The number of piperidine rings is 1. The highest BCUT2D eigenvalue weighted by Crippen LogP contribution is 2.41. The number of hydrogen-bond acceptors (Lipinski definition) is 5. The van der Waals surface area contributed by atoms with E-state index in [1.165, 1.54) is 19.2 Å². The maximum Gasteiger partial charge on any atom is 0.308 e. The predicted molar refractivity (Wildman–Crippen MR) is 132 cm³/mol. The molecule has 3 aromatic rings. The number of ether oxygens (including phenoxy) is 2. The molecule has 1 aliphatic heterocycles. The van der Waals surface area contributed by atoms with Gasteiger partial charge < -0.3 is 18.8 Å². The van der Waals surface area contributed by atoms with Crippen molar-refractivity contribution in [3.05, 3.63) is 59.6 Å². The van der Waals surface area contributed by atoms with Gasteiger partial charge in [0.05, 0.1) is 25.9 Å². The zero-order chi connectivity index (χ0) is 25.1. The Balaban J connectivity index is 1.68. The number of likely N-dealkylation sites (tertiary alicyclic amines) is 1. The molecule has 6 nitrogen and oxygen atoms in total. The Hall–Kier alpha value is -3.61. The monoisotopic (exact) mass is 479 g/mol. The number of benzene rings is 2. The lowest BCUT2D eigenvalue weighted by molar-refractivity contribution is -0.148. The first-order valence-corrected chi connectivity index (χ1v) is 11.8. The van der Waals surface area contributed by atoms with Crippen molar-refractivity contribution in [1.82, 2.24) is 4.90 Å². The second-order valence-electron chi connectivity index (χ2n) is 8.79. The number of halogens is 1. The predicted octanol–water partition coefficient (Wildman–Crippen LogP) is 5.76. The fraction of sp³-hybridized carbons (Fsp3) is 0.357. The average molecular weight is 480 g/mol. The first kappa shape index (κ1) is 24.5. The van der Waals surface area contributed by atoms with Crippen LogP contribution in [0.4, 0.5) is 4.39 Å². The molecule has 0 aliphatic carbocycles. The summed E-state index contributed by atoms with van der Waals surface area (Å²) < 4.78 is 30.2. The molecule has 184 valence electrons. The zero-order valence-electron chi connectivity index (χ0n) is 20.5. The van der Waals surface area contributed by atoms with Crippen molar-refractivity contribution in [3.8, 4) is 16.9 Å². The van der Waals surface area contributed by atoms with E-state index in [4.69, 9.17) is 13.9 Å². The van der Waals surface area contributed by atoms with Crippen molar-refractivity contribution in [2.75, 3.05) is 26.8 Å². The molecule has 1 saturated heterocycles. The zero-order valence-corrected chi connectivity index (χ0v) is 20.5. The number of aryl methyl sites for hydroxylation is 1. The number of carbonyl (C=O) groups is 2. The molecule has 2 heterocycles. The molecular weight excluding hydrogens is 449 g/mol. The van der Waals surface area contributed by atoms with E-state index in [0.29, 0.717) is 43.9 Å². The Kier molecular flexibility index (Phi) is 7.24. The van der Waals surface area contributed by atoms with Gasteiger partial charge in [0.15, 0.2) is 0 Å². The third kappa shape index (κ3) is 4.94. The van der Waals surface area contributed by atoms with E-state index in [1.807, 2.05) is 26.8 Å². The second-order valence-corrected chi connectivity index (χ2v) is 8.79. The second kappa shape index (κ2) is 10.3.